The number of alkyl halides is 1. The largest absolute Gasteiger partial charge is 0.333 e. The Balaban J connectivity index is 2.23. The normalized spacial score (nSPS) is 20.6. The van der Waals surface area contributed by atoms with Crippen molar-refractivity contribution in [1.82, 2.24) is 9.88 Å². The molecule has 0 saturated carbocycles. The van der Waals surface area contributed by atoms with Gasteiger partial charge in [-0.2, -0.15) is 0 Å². The second kappa shape index (κ2) is 6.32. The maximum atomic E-state index is 12.6. The molecule has 0 radical (unpaired) electrons. The third-order valence-electron chi connectivity index (χ3n) is 3.53. The molecule has 1 fully saturated rings. The first kappa shape index (κ1) is 13.5. The van der Waals surface area contributed by atoms with Crippen LogP contribution < -0.4 is 0 Å². The topological polar surface area (TPSA) is 33.2 Å². The summed E-state index contributed by atoms with van der Waals surface area (Å²) in [4.78, 5) is 18.8. The highest BCUT2D eigenvalue weighted by Crippen LogP contribution is 2.21. The summed E-state index contributed by atoms with van der Waals surface area (Å²) in [5.41, 5.74) is 1.56. The molecule has 1 atom stereocenters. The number of pyridine rings is 1. The molecule has 1 aliphatic rings. The van der Waals surface area contributed by atoms with Gasteiger partial charge < -0.3 is 4.90 Å². The molecule has 2 heterocycles. The smallest absolute Gasteiger partial charge is 0.272 e. The van der Waals surface area contributed by atoms with E-state index in [0.29, 0.717) is 11.7 Å². The van der Waals surface area contributed by atoms with Crippen LogP contribution in [0.25, 0.3) is 0 Å². The molecule has 0 aliphatic carbocycles. The van der Waals surface area contributed by atoms with E-state index in [2.05, 4.69) is 20.9 Å². The van der Waals surface area contributed by atoms with Gasteiger partial charge in [0.25, 0.3) is 5.91 Å². The van der Waals surface area contributed by atoms with Crippen molar-refractivity contribution in [2.75, 3.05) is 11.9 Å². The van der Waals surface area contributed by atoms with Gasteiger partial charge in [-0.1, -0.05) is 34.8 Å². The molecule has 0 aromatic carbocycles. The van der Waals surface area contributed by atoms with Gasteiger partial charge in [-0.15, -0.1) is 0 Å². The zero-order chi connectivity index (χ0) is 13.0. The molecule has 3 nitrogen and oxygen atoms in total. The van der Waals surface area contributed by atoms with Gasteiger partial charge in [0.15, 0.2) is 0 Å². The van der Waals surface area contributed by atoms with Gasteiger partial charge >= 0.3 is 0 Å². The Hall–Kier alpha value is -0.900. The minimum atomic E-state index is 0.0828. The van der Waals surface area contributed by atoms with Crippen molar-refractivity contribution >= 4 is 21.8 Å². The maximum absolute atomic E-state index is 12.6. The highest BCUT2D eigenvalue weighted by Gasteiger charge is 2.26. The van der Waals surface area contributed by atoms with Crippen LogP contribution in [0.5, 0.6) is 0 Å². The summed E-state index contributed by atoms with van der Waals surface area (Å²) in [6, 6.07) is 4.12. The molecule has 1 saturated heterocycles. The Kier molecular flexibility index (Phi) is 4.75. The summed E-state index contributed by atoms with van der Waals surface area (Å²) in [5.74, 6) is 0.0828. The molecule has 18 heavy (non-hydrogen) atoms. The van der Waals surface area contributed by atoms with Gasteiger partial charge in [0.05, 0.1) is 0 Å². The summed E-state index contributed by atoms with van der Waals surface area (Å²) in [6.07, 6.45) is 6.31. The minimum Gasteiger partial charge on any atom is -0.333 e. The first-order valence-electron chi connectivity index (χ1n) is 6.52. The highest BCUT2D eigenvalue weighted by atomic mass is 79.9. The third kappa shape index (κ3) is 2.91. The number of aryl methyl sites for hydroxylation is 1. The van der Waals surface area contributed by atoms with E-state index in [-0.39, 0.29) is 5.91 Å². The predicted octanol–water partition coefficient (Wildman–Crippen LogP) is 3.17. The lowest BCUT2D eigenvalue weighted by Gasteiger charge is -2.28. The Bertz CT molecular complexity index is 422. The molecular formula is C14H19BrN2O. The molecule has 1 amide bonds. The van der Waals surface area contributed by atoms with Crippen LogP contribution in [0.1, 0.15) is 41.7 Å². The fourth-order valence-electron chi connectivity index (χ4n) is 2.45. The lowest BCUT2D eigenvalue weighted by molar-refractivity contribution is 0.0695. The zero-order valence-corrected chi connectivity index (χ0v) is 12.3. The van der Waals surface area contributed by atoms with Gasteiger partial charge in [-0.05, 0) is 31.4 Å². The van der Waals surface area contributed by atoms with Crippen LogP contribution in [0.3, 0.4) is 0 Å². The first-order valence-corrected chi connectivity index (χ1v) is 7.64. The number of hydrogen-bond acceptors (Lipinski definition) is 2. The number of hydrogen-bond donors (Lipinski definition) is 0. The van der Waals surface area contributed by atoms with Crippen molar-refractivity contribution in [3.05, 3.63) is 29.6 Å². The minimum absolute atomic E-state index is 0.0828. The van der Waals surface area contributed by atoms with Crippen LogP contribution in [0.15, 0.2) is 18.3 Å². The molecule has 0 N–H and O–H groups in total. The number of halogens is 1. The molecule has 1 aromatic rings. The SMILES string of the molecule is Cc1cccnc1C(=O)N1CCCCCC1CBr. The Morgan fingerprint density at radius 2 is 2.33 bits per heavy atom. The van der Waals surface area contributed by atoms with Gasteiger partial charge in [-0.25, -0.2) is 0 Å². The number of carbonyl (C=O) groups excluding carboxylic acids is 1. The fourth-order valence-corrected chi connectivity index (χ4v) is 3.12. The van der Waals surface area contributed by atoms with Gasteiger partial charge in [0.1, 0.15) is 5.69 Å². The van der Waals surface area contributed by atoms with E-state index < -0.39 is 0 Å². The van der Waals surface area contributed by atoms with Crippen LogP contribution >= 0.6 is 15.9 Å². The highest BCUT2D eigenvalue weighted by molar-refractivity contribution is 9.09. The van der Waals surface area contributed by atoms with Crippen LogP contribution in [0.4, 0.5) is 0 Å². The molecule has 1 aliphatic heterocycles. The van der Waals surface area contributed by atoms with Crippen molar-refractivity contribution < 1.29 is 4.79 Å². The third-order valence-corrected chi connectivity index (χ3v) is 4.28. The van der Waals surface area contributed by atoms with E-state index in [1.54, 1.807) is 6.20 Å². The van der Waals surface area contributed by atoms with Crippen molar-refractivity contribution in [2.45, 2.75) is 38.6 Å². The Morgan fingerprint density at radius 1 is 1.50 bits per heavy atom. The van der Waals surface area contributed by atoms with E-state index in [9.17, 15) is 4.79 Å². The van der Waals surface area contributed by atoms with Crippen molar-refractivity contribution in [3.63, 3.8) is 0 Å². The number of amides is 1. The van der Waals surface area contributed by atoms with E-state index in [1.807, 2.05) is 24.0 Å². The monoisotopic (exact) mass is 310 g/mol. The molecule has 0 bridgehead atoms. The molecule has 1 aromatic heterocycles. The standard InChI is InChI=1S/C14H19BrN2O/c1-11-6-5-8-16-13(11)14(18)17-9-4-2-3-7-12(17)10-15/h5-6,8,12H,2-4,7,9-10H2,1H3. The lowest BCUT2D eigenvalue weighted by atomic mass is 10.1. The number of carbonyl (C=O) groups is 1. The first-order chi connectivity index (χ1) is 8.74. The van der Waals surface area contributed by atoms with Crippen molar-refractivity contribution in [1.29, 1.82) is 0 Å². The molecule has 1 unspecified atom stereocenters. The summed E-state index contributed by atoms with van der Waals surface area (Å²) < 4.78 is 0. The quantitative estimate of drug-likeness (QED) is 0.786. The number of nitrogens with zero attached hydrogens (tertiary/aromatic N) is 2. The summed E-state index contributed by atoms with van der Waals surface area (Å²) in [5, 5.41) is 0.852. The van der Waals surface area contributed by atoms with Crippen LogP contribution in [0, 0.1) is 6.92 Å². The van der Waals surface area contributed by atoms with E-state index in [4.69, 9.17) is 0 Å². The molecular weight excluding hydrogens is 292 g/mol. The fraction of sp³-hybridized carbons (Fsp3) is 0.571. The second-order valence-corrected chi connectivity index (χ2v) is 5.47. The van der Waals surface area contributed by atoms with Crippen LogP contribution in [-0.4, -0.2) is 33.7 Å². The van der Waals surface area contributed by atoms with Gasteiger partial charge in [-0.3, -0.25) is 9.78 Å². The van der Waals surface area contributed by atoms with Crippen molar-refractivity contribution in [3.8, 4) is 0 Å². The Morgan fingerprint density at radius 3 is 3.06 bits per heavy atom. The average molecular weight is 311 g/mol. The number of rotatable bonds is 2. The molecule has 98 valence electrons. The van der Waals surface area contributed by atoms with E-state index in [0.717, 1.165) is 30.3 Å². The molecule has 2 rings (SSSR count). The second-order valence-electron chi connectivity index (χ2n) is 4.82. The van der Waals surface area contributed by atoms with Crippen LogP contribution in [-0.2, 0) is 0 Å². The van der Waals surface area contributed by atoms with Gasteiger partial charge in [0.2, 0.25) is 0 Å². The number of aromatic nitrogens is 1. The average Bonchev–Trinajstić information content (AvgIpc) is 2.63. The summed E-state index contributed by atoms with van der Waals surface area (Å²) in [6.45, 7) is 2.80. The summed E-state index contributed by atoms with van der Waals surface area (Å²) >= 11 is 3.53. The van der Waals surface area contributed by atoms with Crippen molar-refractivity contribution in [2.24, 2.45) is 0 Å². The van der Waals surface area contributed by atoms with Crippen LogP contribution in [0.2, 0.25) is 0 Å². The predicted molar refractivity (Wildman–Crippen MR) is 76.1 cm³/mol. The van der Waals surface area contributed by atoms with Gasteiger partial charge in [0, 0.05) is 24.1 Å². The molecule has 0 spiro atoms. The van der Waals surface area contributed by atoms with E-state index >= 15 is 0 Å². The Labute approximate surface area is 117 Å². The van der Waals surface area contributed by atoms with E-state index in [1.165, 1.54) is 12.8 Å². The summed E-state index contributed by atoms with van der Waals surface area (Å²) in [7, 11) is 0. The maximum Gasteiger partial charge on any atom is 0.272 e. The zero-order valence-electron chi connectivity index (χ0n) is 10.7. The lowest BCUT2D eigenvalue weighted by Crippen LogP contribution is -2.41. The molecule has 4 heteroatoms. The number of likely N-dealkylation sites (tertiary alicyclic amines) is 1.